The number of fused-ring (bicyclic) bond motifs is 3. The maximum absolute atomic E-state index is 14.0. The summed E-state index contributed by atoms with van der Waals surface area (Å²) in [6, 6.07) is 19.3. The largest absolute Gasteiger partial charge is 0.481 e. The van der Waals surface area contributed by atoms with E-state index in [1.54, 1.807) is 96.1 Å². The lowest BCUT2D eigenvalue weighted by Gasteiger charge is -2.21. The average molecular weight is 731 g/mol. The van der Waals surface area contributed by atoms with Crippen molar-refractivity contribution in [2.45, 2.75) is 72.0 Å². The lowest BCUT2D eigenvalue weighted by molar-refractivity contribution is -0.137. The molecule has 264 valence electrons. The summed E-state index contributed by atoms with van der Waals surface area (Å²) in [5, 5.41) is 12.2. The maximum atomic E-state index is 14.0. The van der Waals surface area contributed by atoms with Crippen molar-refractivity contribution in [3.05, 3.63) is 82.3 Å². The number of Topliss-reactive ketones (excluding diaryl/α,β-unsaturated/α-hetero) is 1. The third-order valence-corrected chi connectivity index (χ3v) is 8.57. The van der Waals surface area contributed by atoms with Crippen molar-refractivity contribution < 1.29 is 33.8 Å². The monoisotopic (exact) mass is 729 g/mol. The van der Waals surface area contributed by atoms with Crippen LogP contribution in [0.5, 0.6) is 0 Å². The van der Waals surface area contributed by atoms with Crippen molar-refractivity contribution >= 4 is 79.8 Å². The molecule has 0 radical (unpaired) electrons. The Bertz CT molecular complexity index is 2390. The van der Waals surface area contributed by atoms with Gasteiger partial charge in [0.2, 0.25) is 0 Å². The predicted molar refractivity (Wildman–Crippen MR) is 199 cm³/mol. The summed E-state index contributed by atoms with van der Waals surface area (Å²) in [6.45, 7) is 10.7. The summed E-state index contributed by atoms with van der Waals surface area (Å²) in [4.78, 5) is 56.1. The van der Waals surface area contributed by atoms with Crippen LogP contribution < -0.4 is 0 Å². The second kappa shape index (κ2) is 13.2. The number of carboxylic acids is 1. The number of carboxylic acid groups (broad SMARTS) is 1. The number of nitrogens with zero attached hydrogens (tertiary/aromatic N) is 2. The van der Waals surface area contributed by atoms with Gasteiger partial charge in [0, 0.05) is 50.1 Å². The fourth-order valence-corrected chi connectivity index (χ4v) is 6.50. The summed E-state index contributed by atoms with van der Waals surface area (Å²) in [6.07, 6.45) is -1.32. The zero-order valence-electron chi connectivity index (χ0n) is 29.0. The smallest absolute Gasteiger partial charge is 0.419 e. The van der Waals surface area contributed by atoms with E-state index in [0.717, 1.165) is 5.39 Å². The Morgan fingerprint density at radius 2 is 1.24 bits per heavy atom. The third kappa shape index (κ3) is 7.38. The first-order valence-electron chi connectivity index (χ1n) is 16.4. The molecule has 0 atom stereocenters. The van der Waals surface area contributed by atoms with Crippen LogP contribution in [0.3, 0.4) is 0 Å². The molecule has 6 aromatic rings. The molecule has 0 unspecified atom stereocenters. The van der Waals surface area contributed by atoms with Crippen LogP contribution in [-0.4, -0.2) is 54.4 Å². The van der Waals surface area contributed by atoms with E-state index in [9.17, 15) is 24.3 Å². The van der Waals surface area contributed by atoms with Crippen LogP contribution in [0.15, 0.2) is 66.7 Å². The Morgan fingerprint density at radius 3 is 1.76 bits per heavy atom. The van der Waals surface area contributed by atoms with E-state index in [1.165, 1.54) is 9.13 Å². The number of carbonyl (C=O) groups is 4. The number of nitrogens with one attached hydrogen (secondary N) is 1. The molecule has 0 saturated heterocycles. The van der Waals surface area contributed by atoms with Gasteiger partial charge in [0.25, 0.3) is 0 Å². The van der Waals surface area contributed by atoms with Crippen LogP contribution in [0.1, 0.15) is 71.2 Å². The highest BCUT2D eigenvalue weighted by Crippen LogP contribution is 2.39. The molecule has 0 spiro atoms. The fraction of sp³-hybridized carbons (Fsp3) is 0.282. The number of aromatic amines is 1. The normalized spacial score (nSPS) is 12.2. The van der Waals surface area contributed by atoms with Crippen LogP contribution in [0.2, 0.25) is 10.0 Å². The number of aromatic nitrogens is 3. The Balaban J connectivity index is 1.59. The molecular weight excluding hydrogens is 693 g/mol. The van der Waals surface area contributed by atoms with Gasteiger partial charge in [-0.2, -0.15) is 0 Å². The molecule has 0 saturated carbocycles. The molecule has 0 fully saturated rings. The highest BCUT2D eigenvalue weighted by molar-refractivity contribution is 6.31. The van der Waals surface area contributed by atoms with E-state index < -0.39 is 29.4 Å². The lowest BCUT2D eigenvalue weighted by atomic mass is 9.99. The molecular formula is C39H37Cl2N3O7. The maximum Gasteiger partial charge on any atom is 0.419 e. The minimum absolute atomic E-state index is 0.0415. The molecule has 0 bridgehead atoms. The van der Waals surface area contributed by atoms with Crippen LogP contribution in [0.25, 0.3) is 55.4 Å². The molecule has 2 N–H and O–H groups in total. The number of rotatable bonds is 7. The highest BCUT2D eigenvalue weighted by atomic mass is 35.5. The number of benzene rings is 3. The van der Waals surface area contributed by atoms with Gasteiger partial charge in [0.1, 0.15) is 11.2 Å². The van der Waals surface area contributed by atoms with E-state index in [2.05, 4.69) is 4.98 Å². The zero-order valence-corrected chi connectivity index (χ0v) is 30.5. The minimum Gasteiger partial charge on any atom is -0.481 e. The third-order valence-electron chi connectivity index (χ3n) is 8.10. The summed E-state index contributed by atoms with van der Waals surface area (Å²) in [7, 11) is 0. The van der Waals surface area contributed by atoms with E-state index in [4.69, 9.17) is 32.7 Å². The molecule has 10 nitrogen and oxygen atoms in total. The topological polar surface area (TPSA) is 133 Å². The van der Waals surface area contributed by atoms with Crippen molar-refractivity contribution in [1.29, 1.82) is 0 Å². The first-order valence-corrected chi connectivity index (χ1v) is 17.2. The SMILES string of the molecule is CC(C)(C)OC(=O)n1c(-c2ccc3c(C(=O)CCCC(=O)O)c(-c4cc5cc(Cl)ccc5n4C(=O)OC(C)(C)C)[nH]c3c2)cc2cc(Cl)ccc21. The van der Waals surface area contributed by atoms with E-state index in [1.807, 2.05) is 12.1 Å². The molecule has 0 amide bonds. The van der Waals surface area contributed by atoms with Crippen molar-refractivity contribution in [2.75, 3.05) is 0 Å². The van der Waals surface area contributed by atoms with Crippen molar-refractivity contribution in [2.24, 2.45) is 0 Å². The number of hydrogen-bond acceptors (Lipinski definition) is 6. The van der Waals surface area contributed by atoms with Gasteiger partial charge in [-0.05, 0) is 103 Å². The van der Waals surface area contributed by atoms with Crippen molar-refractivity contribution in [1.82, 2.24) is 14.1 Å². The van der Waals surface area contributed by atoms with Crippen molar-refractivity contribution in [3.63, 3.8) is 0 Å². The first kappa shape index (κ1) is 35.8. The number of halogens is 2. The number of ketones is 1. The number of aliphatic carboxylic acids is 1. The Kier molecular flexibility index (Phi) is 9.29. The molecule has 12 heteroatoms. The molecule has 3 heterocycles. The second-order valence-electron chi connectivity index (χ2n) is 14.4. The molecule has 3 aromatic heterocycles. The summed E-state index contributed by atoms with van der Waals surface area (Å²) < 4.78 is 14.5. The van der Waals surface area contributed by atoms with Gasteiger partial charge in [-0.1, -0.05) is 35.3 Å². The van der Waals surface area contributed by atoms with Crippen LogP contribution in [0, 0.1) is 0 Å². The molecule has 51 heavy (non-hydrogen) atoms. The predicted octanol–water partition coefficient (Wildman–Crippen LogP) is 10.7. The van der Waals surface area contributed by atoms with Crippen LogP contribution in [-0.2, 0) is 14.3 Å². The number of hydrogen-bond donors (Lipinski definition) is 2. The average Bonchev–Trinajstić information content (AvgIpc) is 3.69. The van der Waals surface area contributed by atoms with E-state index in [0.29, 0.717) is 65.6 Å². The molecule has 3 aromatic carbocycles. The van der Waals surface area contributed by atoms with Crippen LogP contribution >= 0.6 is 23.2 Å². The van der Waals surface area contributed by atoms with Gasteiger partial charge in [-0.15, -0.1) is 0 Å². The van der Waals surface area contributed by atoms with E-state index >= 15 is 0 Å². The number of carbonyl (C=O) groups excluding carboxylic acids is 3. The minimum atomic E-state index is -1.00. The lowest BCUT2D eigenvalue weighted by Crippen LogP contribution is -2.27. The molecule has 6 rings (SSSR count). The van der Waals surface area contributed by atoms with Gasteiger partial charge < -0.3 is 19.6 Å². The summed E-state index contributed by atoms with van der Waals surface area (Å²) in [5.74, 6) is -1.31. The molecule has 0 aliphatic carbocycles. The fourth-order valence-electron chi connectivity index (χ4n) is 6.14. The quantitative estimate of drug-likeness (QED) is 0.156. The first-order chi connectivity index (χ1) is 23.9. The zero-order chi connectivity index (χ0) is 37.0. The Labute approximate surface area is 303 Å². The second-order valence-corrected chi connectivity index (χ2v) is 15.3. The van der Waals surface area contributed by atoms with Gasteiger partial charge in [0.15, 0.2) is 5.78 Å². The van der Waals surface area contributed by atoms with Crippen LogP contribution in [0.4, 0.5) is 9.59 Å². The summed E-state index contributed by atoms with van der Waals surface area (Å²) in [5.41, 5.74) is 2.25. The Morgan fingerprint density at radius 1 is 0.706 bits per heavy atom. The van der Waals surface area contributed by atoms with Gasteiger partial charge >= 0.3 is 18.2 Å². The van der Waals surface area contributed by atoms with Gasteiger partial charge in [-0.3, -0.25) is 9.59 Å². The van der Waals surface area contributed by atoms with Gasteiger partial charge in [0.05, 0.1) is 33.7 Å². The summed E-state index contributed by atoms with van der Waals surface area (Å²) >= 11 is 12.7. The number of ether oxygens (including phenoxy) is 2. The molecule has 0 aliphatic heterocycles. The molecule has 0 aliphatic rings. The number of H-pyrrole nitrogens is 1. The van der Waals surface area contributed by atoms with E-state index in [-0.39, 0.29) is 25.0 Å². The van der Waals surface area contributed by atoms with Gasteiger partial charge in [-0.25, -0.2) is 18.7 Å². The highest BCUT2D eigenvalue weighted by Gasteiger charge is 2.29. The van der Waals surface area contributed by atoms with Crippen molar-refractivity contribution in [3.8, 4) is 22.6 Å². The Hall–Kier alpha value is -5.06. The standard InChI is InChI=1S/C39H37Cl2N3O7/c1-38(2,3)50-36(48)43-28-14-11-24(40)16-22(28)19-30(43)21-10-13-26-27(18-21)42-35(34(26)32(45)8-7-9-33(46)47)31-20-23-17-25(41)12-15-29(23)44(31)37(49)51-39(4,5)6/h10-20,42H,7-9H2,1-6H3,(H,46,47).